The van der Waals surface area contributed by atoms with E-state index in [9.17, 15) is 18.4 Å². The van der Waals surface area contributed by atoms with Gasteiger partial charge in [-0.15, -0.1) is 0 Å². The van der Waals surface area contributed by atoms with E-state index in [1.807, 2.05) is 0 Å². The maximum atomic E-state index is 12.0. The number of aromatic nitrogens is 2. The van der Waals surface area contributed by atoms with Crippen LogP contribution in [0.5, 0.6) is 0 Å². The van der Waals surface area contributed by atoms with Crippen molar-refractivity contribution in [2.45, 2.75) is 39.7 Å². The summed E-state index contributed by atoms with van der Waals surface area (Å²) in [6, 6.07) is 0. The molecular formula is C13H18F2N2O4. The molecule has 0 aromatic carbocycles. The Hall–Kier alpha value is -1.83. The van der Waals surface area contributed by atoms with E-state index in [0.717, 1.165) is 0 Å². The summed E-state index contributed by atoms with van der Waals surface area (Å²) < 4.78 is 30.0. The molecule has 0 aliphatic rings. The largest absolute Gasteiger partial charge is 0.481 e. The van der Waals surface area contributed by atoms with Gasteiger partial charge in [-0.05, 0) is 25.8 Å². The molecule has 0 saturated heterocycles. The number of halogens is 2. The van der Waals surface area contributed by atoms with Gasteiger partial charge in [-0.3, -0.25) is 9.36 Å². The Bertz CT molecular complexity index is 558. The van der Waals surface area contributed by atoms with E-state index in [1.54, 1.807) is 13.8 Å². The third kappa shape index (κ3) is 5.22. The maximum Gasteiger partial charge on any atom is 0.348 e. The average molecular weight is 304 g/mol. The molecular weight excluding hydrogens is 286 g/mol. The first-order valence-corrected chi connectivity index (χ1v) is 6.47. The van der Waals surface area contributed by atoms with Crippen LogP contribution < -0.4 is 5.69 Å². The highest BCUT2D eigenvalue weighted by molar-refractivity contribution is 5.67. The van der Waals surface area contributed by atoms with Gasteiger partial charge in [0.25, 0.3) is 6.43 Å². The molecule has 0 bridgehead atoms. The number of carboxylic acids is 1. The zero-order valence-corrected chi connectivity index (χ0v) is 11.9. The standard InChI is InChI=1S/C13H18F2N2O4/c1-8-10(3-4-12(18)19)9(2)17(13(20)16-8)5-6-21-7-11(14)15/h11H,3-7H2,1-2H3,(H,18,19). The molecule has 0 aliphatic carbocycles. The fraction of sp³-hybridized carbons (Fsp3) is 0.615. The molecule has 0 saturated carbocycles. The van der Waals surface area contributed by atoms with Gasteiger partial charge in [0, 0.05) is 17.8 Å². The summed E-state index contributed by atoms with van der Waals surface area (Å²) in [6.07, 6.45) is -2.35. The van der Waals surface area contributed by atoms with Crippen LogP contribution in [0.1, 0.15) is 23.4 Å². The lowest BCUT2D eigenvalue weighted by molar-refractivity contribution is -0.136. The number of hydrogen-bond donors (Lipinski definition) is 1. The highest BCUT2D eigenvalue weighted by atomic mass is 19.3. The molecule has 1 aromatic heterocycles. The van der Waals surface area contributed by atoms with Crippen molar-refractivity contribution in [1.29, 1.82) is 0 Å². The molecule has 118 valence electrons. The smallest absolute Gasteiger partial charge is 0.348 e. The molecule has 1 rings (SSSR count). The molecule has 1 aromatic rings. The Morgan fingerprint density at radius 2 is 2.10 bits per heavy atom. The summed E-state index contributed by atoms with van der Waals surface area (Å²) in [7, 11) is 0. The van der Waals surface area contributed by atoms with Gasteiger partial charge in [-0.1, -0.05) is 0 Å². The van der Waals surface area contributed by atoms with Gasteiger partial charge < -0.3 is 9.84 Å². The first kappa shape index (κ1) is 17.2. The van der Waals surface area contributed by atoms with Crippen LogP contribution in [0.3, 0.4) is 0 Å². The number of aliphatic carboxylic acids is 1. The molecule has 1 heterocycles. The van der Waals surface area contributed by atoms with Gasteiger partial charge in [0.15, 0.2) is 0 Å². The van der Waals surface area contributed by atoms with Crippen molar-refractivity contribution in [3.63, 3.8) is 0 Å². The summed E-state index contributed by atoms with van der Waals surface area (Å²) in [5.74, 6) is -0.938. The van der Waals surface area contributed by atoms with Crippen molar-refractivity contribution in [3.05, 3.63) is 27.4 Å². The molecule has 0 atom stereocenters. The van der Waals surface area contributed by atoms with Crippen molar-refractivity contribution >= 4 is 5.97 Å². The van der Waals surface area contributed by atoms with Crippen molar-refractivity contribution in [1.82, 2.24) is 9.55 Å². The normalized spacial score (nSPS) is 11.1. The third-order valence-corrected chi connectivity index (χ3v) is 3.06. The lowest BCUT2D eigenvalue weighted by atomic mass is 10.1. The van der Waals surface area contributed by atoms with E-state index in [0.29, 0.717) is 17.0 Å². The van der Waals surface area contributed by atoms with Crippen LogP contribution >= 0.6 is 0 Å². The van der Waals surface area contributed by atoms with Gasteiger partial charge >= 0.3 is 11.7 Å². The quantitative estimate of drug-likeness (QED) is 0.729. The van der Waals surface area contributed by atoms with Gasteiger partial charge in [-0.25, -0.2) is 13.6 Å². The minimum atomic E-state index is -2.55. The molecule has 21 heavy (non-hydrogen) atoms. The van der Waals surface area contributed by atoms with Crippen molar-refractivity contribution in [3.8, 4) is 0 Å². The Morgan fingerprint density at radius 3 is 2.67 bits per heavy atom. The highest BCUT2D eigenvalue weighted by Gasteiger charge is 2.13. The fourth-order valence-corrected chi connectivity index (χ4v) is 2.02. The van der Waals surface area contributed by atoms with Crippen LogP contribution in [-0.2, 0) is 22.5 Å². The highest BCUT2D eigenvalue weighted by Crippen LogP contribution is 2.12. The predicted octanol–water partition coefficient (Wildman–Crippen LogP) is 1.16. The van der Waals surface area contributed by atoms with E-state index in [1.165, 1.54) is 4.57 Å². The summed E-state index contributed by atoms with van der Waals surface area (Å²) in [6.45, 7) is 2.71. The molecule has 0 radical (unpaired) electrons. The molecule has 1 N–H and O–H groups in total. The van der Waals surface area contributed by atoms with E-state index in [2.05, 4.69) is 4.98 Å². The number of ether oxygens (including phenoxy) is 1. The van der Waals surface area contributed by atoms with E-state index in [4.69, 9.17) is 9.84 Å². The number of nitrogens with zero attached hydrogens (tertiary/aromatic N) is 2. The number of aryl methyl sites for hydroxylation is 1. The zero-order chi connectivity index (χ0) is 16.0. The van der Waals surface area contributed by atoms with Crippen LogP contribution in [0, 0.1) is 13.8 Å². The van der Waals surface area contributed by atoms with Gasteiger partial charge in [0.1, 0.15) is 6.61 Å². The first-order valence-electron chi connectivity index (χ1n) is 6.47. The maximum absolute atomic E-state index is 12.0. The van der Waals surface area contributed by atoms with E-state index in [-0.39, 0.29) is 26.0 Å². The lowest BCUT2D eigenvalue weighted by Gasteiger charge is -2.15. The predicted molar refractivity (Wildman–Crippen MR) is 70.8 cm³/mol. The van der Waals surface area contributed by atoms with Crippen LogP contribution in [0.2, 0.25) is 0 Å². The molecule has 0 aliphatic heterocycles. The summed E-state index contributed by atoms with van der Waals surface area (Å²) >= 11 is 0. The second-order valence-electron chi connectivity index (χ2n) is 4.56. The second kappa shape index (κ2) is 7.82. The zero-order valence-electron chi connectivity index (χ0n) is 11.9. The minimum Gasteiger partial charge on any atom is -0.481 e. The van der Waals surface area contributed by atoms with Crippen LogP contribution in [0.15, 0.2) is 4.79 Å². The molecule has 0 unspecified atom stereocenters. The van der Waals surface area contributed by atoms with Gasteiger partial charge in [0.2, 0.25) is 0 Å². The Balaban J connectivity index is 2.85. The van der Waals surface area contributed by atoms with E-state index >= 15 is 0 Å². The number of carboxylic acid groups (broad SMARTS) is 1. The average Bonchev–Trinajstić information content (AvgIpc) is 2.36. The molecule has 0 amide bonds. The Morgan fingerprint density at radius 1 is 1.43 bits per heavy atom. The third-order valence-electron chi connectivity index (χ3n) is 3.06. The molecule has 0 spiro atoms. The summed E-state index contributed by atoms with van der Waals surface area (Å²) in [4.78, 5) is 26.3. The van der Waals surface area contributed by atoms with Crippen LogP contribution in [-0.4, -0.2) is 40.3 Å². The van der Waals surface area contributed by atoms with E-state index < -0.39 is 24.7 Å². The second-order valence-corrected chi connectivity index (χ2v) is 4.56. The van der Waals surface area contributed by atoms with Crippen LogP contribution in [0.25, 0.3) is 0 Å². The van der Waals surface area contributed by atoms with Gasteiger partial charge in [0.05, 0.1) is 13.2 Å². The Kier molecular flexibility index (Phi) is 6.41. The summed E-state index contributed by atoms with van der Waals surface area (Å²) in [5, 5.41) is 8.73. The van der Waals surface area contributed by atoms with Crippen LogP contribution in [0.4, 0.5) is 8.78 Å². The van der Waals surface area contributed by atoms with Crippen molar-refractivity contribution in [2.75, 3.05) is 13.2 Å². The SMILES string of the molecule is Cc1nc(=O)n(CCOCC(F)F)c(C)c1CCC(=O)O. The number of alkyl halides is 2. The first-order chi connectivity index (χ1) is 9.82. The number of carbonyl (C=O) groups is 1. The van der Waals surface area contributed by atoms with Crippen molar-refractivity contribution < 1.29 is 23.4 Å². The molecule has 6 nitrogen and oxygen atoms in total. The molecule has 8 heteroatoms. The van der Waals surface area contributed by atoms with Gasteiger partial charge in [-0.2, -0.15) is 4.98 Å². The molecule has 0 fully saturated rings. The minimum absolute atomic E-state index is 0.0335. The lowest BCUT2D eigenvalue weighted by Crippen LogP contribution is -2.29. The number of rotatable bonds is 8. The number of hydrogen-bond acceptors (Lipinski definition) is 4. The fourth-order valence-electron chi connectivity index (χ4n) is 2.02. The summed E-state index contributed by atoms with van der Waals surface area (Å²) in [5.41, 5.74) is 1.27. The Labute approximate surface area is 120 Å². The topological polar surface area (TPSA) is 81.4 Å². The monoisotopic (exact) mass is 304 g/mol. The van der Waals surface area contributed by atoms with Crippen molar-refractivity contribution in [2.24, 2.45) is 0 Å².